The zero-order chi connectivity index (χ0) is 10.4. The van der Waals surface area contributed by atoms with Gasteiger partial charge in [-0.1, -0.05) is 0 Å². The van der Waals surface area contributed by atoms with Crippen LogP contribution in [0.15, 0.2) is 0 Å². The minimum Gasteiger partial charge on any atom is -0.354 e. The summed E-state index contributed by atoms with van der Waals surface area (Å²) in [6.07, 6.45) is 3.04. The van der Waals surface area contributed by atoms with Gasteiger partial charge in [0.15, 0.2) is 0 Å². The third-order valence-corrected chi connectivity index (χ3v) is 2.81. The summed E-state index contributed by atoms with van der Waals surface area (Å²) in [5, 5.41) is 5.93. The highest BCUT2D eigenvalue weighted by atomic mass is 16.1. The van der Waals surface area contributed by atoms with Crippen molar-refractivity contribution >= 4 is 5.91 Å². The van der Waals surface area contributed by atoms with Gasteiger partial charge in [-0.25, -0.2) is 0 Å². The van der Waals surface area contributed by atoms with Crippen LogP contribution in [0.1, 0.15) is 19.3 Å². The van der Waals surface area contributed by atoms with E-state index in [9.17, 15) is 4.79 Å². The Labute approximate surface area is 86.0 Å². The second-order valence-corrected chi connectivity index (χ2v) is 3.93. The standard InChI is InChI=1S/C10H21N3O/c1-11-6-5-10(14)12-8-9-4-3-7-13(9)2/h9,11H,3-8H2,1-2H3,(H,12,14). The topological polar surface area (TPSA) is 44.4 Å². The van der Waals surface area contributed by atoms with Crippen LogP contribution in [-0.2, 0) is 4.79 Å². The number of likely N-dealkylation sites (N-methyl/N-ethyl adjacent to an activating group) is 1. The number of nitrogens with one attached hydrogen (secondary N) is 2. The smallest absolute Gasteiger partial charge is 0.221 e. The summed E-state index contributed by atoms with van der Waals surface area (Å²) in [5.74, 6) is 0.152. The minimum atomic E-state index is 0.152. The molecule has 14 heavy (non-hydrogen) atoms. The van der Waals surface area contributed by atoms with Crippen molar-refractivity contribution in [1.29, 1.82) is 0 Å². The molecule has 1 amide bonds. The molecule has 0 aliphatic carbocycles. The van der Waals surface area contributed by atoms with Crippen LogP contribution in [0.4, 0.5) is 0 Å². The second kappa shape index (κ2) is 5.98. The summed E-state index contributed by atoms with van der Waals surface area (Å²) >= 11 is 0. The number of nitrogens with zero attached hydrogens (tertiary/aromatic N) is 1. The molecule has 1 fully saturated rings. The van der Waals surface area contributed by atoms with E-state index in [4.69, 9.17) is 0 Å². The highest BCUT2D eigenvalue weighted by Crippen LogP contribution is 2.13. The van der Waals surface area contributed by atoms with Crippen molar-refractivity contribution in [2.75, 3.05) is 33.7 Å². The second-order valence-electron chi connectivity index (χ2n) is 3.93. The van der Waals surface area contributed by atoms with E-state index in [-0.39, 0.29) is 5.91 Å². The summed E-state index contributed by atoms with van der Waals surface area (Å²) < 4.78 is 0. The third-order valence-electron chi connectivity index (χ3n) is 2.81. The van der Waals surface area contributed by atoms with E-state index in [0.717, 1.165) is 19.6 Å². The number of likely N-dealkylation sites (tertiary alicyclic amines) is 1. The Morgan fingerprint density at radius 1 is 1.57 bits per heavy atom. The highest BCUT2D eigenvalue weighted by molar-refractivity contribution is 5.76. The molecule has 0 saturated carbocycles. The van der Waals surface area contributed by atoms with E-state index in [2.05, 4.69) is 22.6 Å². The van der Waals surface area contributed by atoms with Gasteiger partial charge < -0.3 is 15.5 Å². The van der Waals surface area contributed by atoms with Gasteiger partial charge in [-0.2, -0.15) is 0 Å². The largest absolute Gasteiger partial charge is 0.354 e. The van der Waals surface area contributed by atoms with Crippen molar-refractivity contribution in [3.63, 3.8) is 0 Å². The van der Waals surface area contributed by atoms with Crippen molar-refractivity contribution in [3.05, 3.63) is 0 Å². The first-order chi connectivity index (χ1) is 6.74. The molecule has 1 saturated heterocycles. The van der Waals surface area contributed by atoms with Crippen molar-refractivity contribution in [1.82, 2.24) is 15.5 Å². The summed E-state index contributed by atoms with van der Waals surface area (Å²) in [4.78, 5) is 13.6. The lowest BCUT2D eigenvalue weighted by Gasteiger charge is -2.19. The average molecular weight is 199 g/mol. The van der Waals surface area contributed by atoms with Crippen LogP contribution in [0.3, 0.4) is 0 Å². The summed E-state index contributed by atoms with van der Waals surface area (Å²) in [6.45, 7) is 2.72. The maximum Gasteiger partial charge on any atom is 0.221 e. The highest BCUT2D eigenvalue weighted by Gasteiger charge is 2.20. The minimum absolute atomic E-state index is 0.152. The molecule has 1 aliphatic heterocycles. The van der Waals surface area contributed by atoms with Crippen LogP contribution in [0, 0.1) is 0 Å². The molecular weight excluding hydrogens is 178 g/mol. The first-order valence-electron chi connectivity index (χ1n) is 5.35. The van der Waals surface area contributed by atoms with Crippen molar-refractivity contribution in [3.8, 4) is 0 Å². The summed E-state index contributed by atoms with van der Waals surface area (Å²) in [5.41, 5.74) is 0. The molecule has 0 aromatic rings. The van der Waals surface area contributed by atoms with Gasteiger partial charge >= 0.3 is 0 Å². The number of hydrogen-bond acceptors (Lipinski definition) is 3. The molecule has 1 aliphatic rings. The van der Waals surface area contributed by atoms with Crippen LogP contribution < -0.4 is 10.6 Å². The van der Waals surface area contributed by atoms with E-state index in [1.807, 2.05) is 7.05 Å². The number of carbonyl (C=O) groups excluding carboxylic acids is 1. The SMILES string of the molecule is CNCCC(=O)NCC1CCCN1C. The fourth-order valence-corrected chi connectivity index (χ4v) is 1.80. The fraction of sp³-hybridized carbons (Fsp3) is 0.900. The molecule has 0 aromatic heterocycles. The van der Waals surface area contributed by atoms with Crippen molar-refractivity contribution in [2.24, 2.45) is 0 Å². The molecule has 0 radical (unpaired) electrons. The molecule has 0 spiro atoms. The van der Waals surface area contributed by atoms with Gasteiger partial charge in [-0.05, 0) is 33.5 Å². The van der Waals surface area contributed by atoms with E-state index >= 15 is 0 Å². The first-order valence-corrected chi connectivity index (χ1v) is 5.35. The molecule has 0 aromatic carbocycles. The van der Waals surface area contributed by atoms with Gasteiger partial charge in [0.2, 0.25) is 5.91 Å². The van der Waals surface area contributed by atoms with Crippen LogP contribution in [-0.4, -0.2) is 50.6 Å². The first kappa shape index (κ1) is 11.5. The molecule has 1 heterocycles. The number of amides is 1. The molecule has 1 unspecified atom stereocenters. The maximum absolute atomic E-state index is 11.3. The Bertz CT molecular complexity index is 184. The Morgan fingerprint density at radius 3 is 2.93 bits per heavy atom. The molecule has 0 bridgehead atoms. The lowest BCUT2D eigenvalue weighted by molar-refractivity contribution is -0.121. The van der Waals surface area contributed by atoms with E-state index in [1.54, 1.807) is 0 Å². The molecule has 4 heteroatoms. The number of hydrogen-bond donors (Lipinski definition) is 2. The van der Waals surface area contributed by atoms with Crippen LogP contribution in [0.5, 0.6) is 0 Å². The monoisotopic (exact) mass is 199 g/mol. The van der Waals surface area contributed by atoms with Gasteiger partial charge in [0.05, 0.1) is 0 Å². The van der Waals surface area contributed by atoms with Crippen LogP contribution >= 0.6 is 0 Å². The quantitative estimate of drug-likeness (QED) is 0.645. The molecule has 2 N–H and O–H groups in total. The van der Waals surface area contributed by atoms with Gasteiger partial charge in [-0.15, -0.1) is 0 Å². The van der Waals surface area contributed by atoms with E-state index in [1.165, 1.54) is 12.8 Å². The normalized spacial score (nSPS) is 22.6. The maximum atomic E-state index is 11.3. The average Bonchev–Trinajstić information content (AvgIpc) is 2.58. The van der Waals surface area contributed by atoms with Crippen LogP contribution in [0.2, 0.25) is 0 Å². The zero-order valence-corrected chi connectivity index (χ0v) is 9.18. The Morgan fingerprint density at radius 2 is 2.36 bits per heavy atom. The number of rotatable bonds is 5. The molecule has 1 rings (SSSR count). The molecule has 1 atom stereocenters. The zero-order valence-electron chi connectivity index (χ0n) is 9.18. The van der Waals surface area contributed by atoms with Gasteiger partial charge in [0, 0.05) is 25.6 Å². The van der Waals surface area contributed by atoms with Crippen molar-refractivity contribution in [2.45, 2.75) is 25.3 Å². The molecule has 4 nitrogen and oxygen atoms in total. The predicted octanol–water partition coefficient (Wildman–Crippen LogP) is -0.194. The summed E-state index contributed by atoms with van der Waals surface area (Å²) in [7, 11) is 3.98. The van der Waals surface area contributed by atoms with Crippen LogP contribution in [0.25, 0.3) is 0 Å². The van der Waals surface area contributed by atoms with Gasteiger partial charge in [0.25, 0.3) is 0 Å². The predicted molar refractivity (Wildman–Crippen MR) is 57.2 cm³/mol. The Kier molecular flexibility index (Phi) is 4.90. The Balaban J connectivity index is 2.10. The van der Waals surface area contributed by atoms with Crippen molar-refractivity contribution < 1.29 is 4.79 Å². The fourth-order valence-electron chi connectivity index (χ4n) is 1.80. The lowest BCUT2D eigenvalue weighted by Crippen LogP contribution is -2.38. The third kappa shape index (κ3) is 3.64. The van der Waals surface area contributed by atoms with Gasteiger partial charge in [0.1, 0.15) is 0 Å². The summed E-state index contributed by atoms with van der Waals surface area (Å²) in [6, 6.07) is 0.550. The molecular formula is C10H21N3O. The lowest BCUT2D eigenvalue weighted by atomic mass is 10.2. The number of carbonyl (C=O) groups is 1. The van der Waals surface area contributed by atoms with E-state index in [0.29, 0.717) is 12.5 Å². The molecule has 82 valence electrons. The van der Waals surface area contributed by atoms with E-state index < -0.39 is 0 Å². The Hall–Kier alpha value is -0.610. The van der Waals surface area contributed by atoms with Gasteiger partial charge in [-0.3, -0.25) is 4.79 Å².